The predicted molar refractivity (Wildman–Crippen MR) is 81.0 cm³/mol. The monoisotopic (exact) mass is 343 g/mol. The number of aryl methyl sites for hydroxylation is 1. The summed E-state index contributed by atoms with van der Waals surface area (Å²) in [5.74, 6) is -0.658. The molecule has 0 bridgehead atoms. The molecule has 0 aliphatic rings. The van der Waals surface area contributed by atoms with Crippen LogP contribution < -0.4 is 0 Å². The molecule has 2 heterocycles. The molecule has 0 saturated carbocycles. The summed E-state index contributed by atoms with van der Waals surface area (Å²) < 4.78 is 27.3. The molecule has 1 amide bonds. The Morgan fingerprint density at radius 1 is 1.39 bits per heavy atom. The van der Waals surface area contributed by atoms with Crippen molar-refractivity contribution in [2.75, 3.05) is 14.1 Å². The third-order valence-electron chi connectivity index (χ3n) is 3.18. The highest BCUT2D eigenvalue weighted by Gasteiger charge is 2.31. The summed E-state index contributed by atoms with van der Waals surface area (Å²) in [6, 6.07) is 5.27. The summed E-state index contributed by atoms with van der Waals surface area (Å²) >= 11 is 5.99. The van der Waals surface area contributed by atoms with Gasteiger partial charge < -0.3 is 0 Å². The fourth-order valence-corrected chi connectivity index (χ4v) is 2.26. The second-order valence-electron chi connectivity index (χ2n) is 5.01. The van der Waals surface area contributed by atoms with Crippen LogP contribution in [0.1, 0.15) is 28.2 Å². The Balaban J connectivity index is 2.39. The van der Waals surface area contributed by atoms with Gasteiger partial charge in [-0.2, -0.15) is 5.10 Å². The summed E-state index contributed by atoms with van der Waals surface area (Å²) in [6.07, 6.45) is -1.30. The zero-order chi connectivity index (χ0) is 17.1. The number of hydrogen-bond acceptors (Lipinski definition) is 4. The third-order valence-corrected chi connectivity index (χ3v) is 3.61. The number of pyridine rings is 1. The minimum absolute atomic E-state index is 0.126. The first-order valence-corrected chi connectivity index (χ1v) is 7.10. The Labute approximate surface area is 137 Å². The van der Waals surface area contributed by atoms with Crippen molar-refractivity contribution in [3.05, 3.63) is 46.5 Å². The van der Waals surface area contributed by atoms with Crippen LogP contribution in [0.3, 0.4) is 0 Å². The Morgan fingerprint density at radius 2 is 2.09 bits per heavy atom. The van der Waals surface area contributed by atoms with Crippen LogP contribution in [0, 0.1) is 0 Å². The molecule has 6 nitrogen and oxygen atoms in total. The van der Waals surface area contributed by atoms with Gasteiger partial charge in [0.1, 0.15) is 16.4 Å². The molecule has 0 fully saturated rings. The number of hydrazine groups is 1. The molecule has 23 heavy (non-hydrogen) atoms. The Bertz CT molecular complexity index is 690. The molecule has 124 valence electrons. The second kappa shape index (κ2) is 7.01. The fourth-order valence-electron chi connectivity index (χ4n) is 2.04. The van der Waals surface area contributed by atoms with Gasteiger partial charge in [0, 0.05) is 27.3 Å². The van der Waals surface area contributed by atoms with Gasteiger partial charge in [0.25, 0.3) is 12.3 Å². The summed E-state index contributed by atoms with van der Waals surface area (Å²) in [6.45, 7) is 0.126. The van der Waals surface area contributed by atoms with E-state index >= 15 is 0 Å². The Kier molecular flexibility index (Phi) is 5.27. The normalized spacial score (nSPS) is 11.3. The van der Waals surface area contributed by atoms with Gasteiger partial charge in [-0.3, -0.25) is 19.5 Å². The molecule has 0 unspecified atom stereocenters. The smallest absolute Gasteiger partial charge is 0.267 e. The van der Waals surface area contributed by atoms with Gasteiger partial charge in [-0.25, -0.2) is 13.8 Å². The molecular formula is C14H16ClF2N5O. The number of carbonyl (C=O) groups is 1. The molecule has 0 aliphatic heterocycles. The number of alkyl halides is 2. The predicted octanol–water partition coefficient (Wildman–Crippen LogP) is 2.53. The van der Waals surface area contributed by atoms with Crippen LogP contribution in [-0.4, -0.2) is 44.8 Å². The van der Waals surface area contributed by atoms with Crippen molar-refractivity contribution in [3.8, 4) is 0 Å². The van der Waals surface area contributed by atoms with Gasteiger partial charge >= 0.3 is 0 Å². The van der Waals surface area contributed by atoms with Crippen molar-refractivity contribution >= 4 is 17.5 Å². The first kappa shape index (κ1) is 17.3. The second-order valence-corrected chi connectivity index (χ2v) is 5.36. The van der Waals surface area contributed by atoms with E-state index in [1.165, 1.54) is 17.1 Å². The van der Waals surface area contributed by atoms with E-state index in [1.54, 1.807) is 38.5 Å². The van der Waals surface area contributed by atoms with Gasteiger partial charge in [-0.1, -0.05) is 17.7 Å². The molecule has 0 saturated heterocycles. The molecule has 0 spiro atoms. The maximum absolute atomic E-state index is 13.1. The van der Waals surface area contributed by atoms with Crippen LogP contribution in [-0.2, 0) is 13.6 Å². The Morgan fingerprint density at radius 3 is 2.61 bits per heavy atom. The molecule has 9 heteroatoms. The van der Waals surface area contributed by atoms with Gasteiger partial charge in [0.15, 0.2) is 0 Å². The number of rotatable bonds is 5. The van der Waals surface area contributed by atoms with E-state index in [1.807, 2.05) is 0 Å². The van der Waals surface area contributed by atoms with E-state index in [9.17, 15) is 13.6 Å². The number of amides is 1. The van der Waals surface area contributed by atoms with Crippen LogP contribution in [0.4, 0.5) is 8.78 Å². The van der Waals surface area contributed by atoms with Gasteiger partial charge in [0.05, 0.1) is 12.2 Å². The number of nitrogens with zero attached hydrogens (tertiary/aromatic N) is 5. The van der Waals surface area contributed by atoms with Crippen LogP contribution >= 0.6 is 11.6 Å². The summed E-state index contributed by atoms with van der Waals surface area (Å²) in [5, 5.41) is 6.28. The summed E-state index contributed by atoms with van der Waals surface area (Å²) in [7, 11) is 4.67. The van der Waals surface area contributed by atoms with Crippen molar-refractivity contribution in [2.24, 2.45) is 7.05 Å². The van der Waals surface area contributed by atoms with E-state index < -0.39 is 18.0 Å². The molecule has 2 rings (SSSR count). The number of hydrogen-bond donors (Lipinski definition) is 0. The van der Waals surface area contributed by atoms with Crippen molar-refractivity contribution in [1.29, 1.82) is 0 Å². The van der Waals surface area contributed by atoms with Crippen LogP contribution in [0.15, 0.2) is 24.4 Å². The standard InChI is InChI=1S/C14H16ClF2N5O/c1-20(2)22(8-9-6-4-5-7-18-9)14(23)10-11(13(16)17)19-21(3)12(10)15/h4-7,13H,8H2,1-3H3. The maximum Gasteiger partial charge on any atom is 0.283 e. The lowest BCUT2D eigenvalue weighted by Gasteiger charge is -2.28. The molecule has 2 aromatic heterocycles. The first-order valence-electron chi connectivity index (χ1n) is 6.72. The van der Waals surface area contributed by atoms with Gasteiger partial charge in [-0.15, -0.1) is 0 Å². The highest BCUT2D eigenvalue weighted by atomic mass is 35.5. The highest BCUT2D eigenvalue weighted by molar-refractivity contribution is 6.33. The van der Waals surface area contributed by atoms with E-state index in [4.69, 9.17) is 11.6 Å². The van der Waals surface area contributed by atoms with Gasteiger partial charge in [-0.05, 0) is 12.1 Å². The summed E-state index contributed by atoms with van der Waals surface area (Å²) in [5.41, 5.74) is -0.308. The average Bonchev–Trinajstić information content (AvgIpc) is 2.81. The first-order chi connectivity index (χ1) is 10.8. The largest absolute Gasteiger partial charge is 0.283 e. The molecule has 0 aliphatic carbocycles. The Hall–Kier alpha value is -2.06. The summed E-state index contributed by atoms with van der Waals surface area (Å²) in [4.78, 5) is 16.9. The van der Waals surface area contributed by atoms with Crippen molar-refractivity contribution in [1.82, 2.24) is 24.8 Å². The van der Waals surface area contributed by atoms with E-state index in [0.29, 0.717) is 5.69 Å². The number of aromatic nitrogens is 3. The third kappa shape index (κ3) is 3.65. The van der Waals surface area contributed by atoms with Crippen LogP contribution in [0.5, 0.6) is 0 Å². The van der Waals surface area contributed by atoms with E-state index in [-0.39, 0.29) is 17.3 Å². The van der Waals surface area contributed by atoms with Crippen molar-refractivity contribution in [2.45, 2.75) is 13.0 Å². The molecule has 0 aromatic carbocycles. The van der Waals surface area contributed by atoms with Crippen LogP contribution in [0.2, 0.25) is 5.15 Å². The topological polar surface area (TPSA) is 54.3 Å². The molecule has 0 radical (unpaired) electrons. The average molecular weight is 344 g/mol. The molecule has 0 atom stereocenters. The molecular weight excluding hydrogens is 328 g/mol. The SMILES string of the molecule is CN(C)N(Cc1ccccn1)C(=O)c1c(C(F)F)nn(C)c1Cl. The maximum atomic E-state index is 13.1. The van der Waals surface area contributed by atoms with Gasteiger partial charge in [0.2, 0.25) is 0 Å². The lowest BCUT2D eigenvalue weighted by Crippen LogP contribution is -2.41. The zero-order valence-corrected chi connectivity index (χ0v) is 13.6. The molecule has 0 N–H and O–H groups in total. The van der Waals surface area contributed by atoms with E-state index in [0.717, 1.165) is 4.68 Å². The fraction of sp³-hybridized carbons (Fsp3) is 0.357. The van der Waals surface area contributed by atoms with E-state index in [2.05, 4.69) is 10.1 Å². The molecule has 2 aromatic rings. The number of carbonyl (C=O) groups excluding carboxylic acids is 1. The van der Waals surface area contributed by atoms with Crippen molar-refractivity contribution in [3.63, 3.8) is 0 Å². The lowest BCUT2D eigenvalue weighted by atomic mass is 10.2. The highest BCUT2D eigenvalue weighted by Crippen LogP contribution is 2.29. The minimum atomic E-state index is -2.90. The minimum Gasteiger partial charge on any atom is -0.267 e. The lowest BCUT2D eigenvalue weighted by molar-refractivity contribution is 0.0142. The number of halogens is 3. The van der Waals surface area contributed by atoms with Crippen LogP contribution in [0.25, 0.3) is 0 Å². The van der Waals surface area contributed by atoms with Crippen molar-refractivity contribution < 1.29 is 13.6 Å². The quantitative estimate of drug-likeness (QED) is 0.783. The zero-order valence-electron chi connectivity index (χ0n) is 12.9.